The minimum Gasteiger partial charge on any atom is -0.339 e. The molecule has 0 spiro atoms. The molecule has 2 aliphatic heterocycles. The number of hydrogen-bond donors (Lipinski definition) is 0. The molecule has 4 heterocycles. The van der Waals surface area contributed by atoms with Gasteiger partial charge >= 0.3 is 0 Å². The van der Waals surface area contributed by atoms with Crippen molar-refractivity contribution < 1.29 is 13.2 Å². The number of amides is 1. The van der Waals surface area contributed by atoms with Gasteiger partial charge in [0.25, 0.3) is 5.56 Å². The summed E-state index contributed by atoms with van der Waals surface area (Å²) in [6.07, 6.45) is 2.35. The standard InChI is InChI=1S/C22H33N5O4S2/c1-5-24-6-8-25(9-7-24)18(28)13-26-14-23-21-19(22(26)29)20(17(4)32-21)33(30,31)27-11-15(2)10-16(3)12-27/h14-16H,5-13H2,1-4H3/t15-,16+. The molecule has 0 aromatic carbocycles. The number of carbonyl (C=O) groups is 1. The Labute approximate surface area is 199 Å². The third kappa shape index (κ3) is 4.73. The van der Waals surface area contributed by atoms with E-state index < -0.39 is 15.6 Å². The molecule has 11 heteroatoms. The highest BCUT2D eigenvalue weighted by Gasteiger charge is 2.36. The molecule has 2 aromatic heterocycles. The fourth-order valence-corrected chi connectivity index (χ4v) is 8.37. The molecule has 0 bridgehead atoms. The maximum Gasteiger partial charge on any atom is 0.263 e. The molecule has 0 radical (unpaired) electrons. The van der Waals surface area contributed by atoms with Crippen LogP contribution < -0.4 is 5.56 Å². The van der Waals surface area contributed by atoms with Gasteiger partial charge in [0.15, 0.2) is 0 Å². The molecule has 2 atom stereocenters. The van der Waals surface area contributed by atoms with E-state index in [1.165, 1.54) is 26.5 Å². The lowest BCUT2D eigenvalue weighted by Crippen LogP contribution is -2.49. The fourth-order valence-electron chi connectivity index (χ4n) is 5.03. The van der Waals surface area contributed by atoms with Crippen molar-refractivity contribution >= 4 is 37.5 Å². The molecule has 4 rings (SSSR count). The molecule has 2 fully saturated rings. The first-order valence-electron chi connectivity index (χ1n) is 11.6. The van der Waals surface area contributed by atoms with E-state index in [0.29, 0.717) is 35.9 Å². The van der Waals surface area contributed by atoms with E-state index in [2.05, 4.69) is 30.7 Å². The second-order valence-corrected chi connectivity index (χ2v) is 12.5. The van der Waals surface area contributed by atoms with Crippen molar-refractivity contribution in [3.8, 4) is 0 Å². The number of thiophene rings is 1. The zero-order chi connectivity index (χ0) is 23.9. The van der Waals surface area contributed by atoms with Crippen molar-refractivity contribution in [1.82, 2.24) is 23.7 Å². The van der Waals surface area contributed by atoms with Crippen molar-refractivity contribution in [2.75, 3.05) is 45.8 Å². The Morgan fingerprint density at radius 2 is 1.79 bits per heavy atom. The fraction of sp³-hybridized carbons (Fsp3) is 0.682. The Morgan fingerprint density at radius 1 is 1.15 bits per heavy atom. The van der Waals surface area contributed by atoms with Crippen LogP contribution in [-0.4, -0.2) is 83.8 Å². The van der Waals surface area contributed by atoms with Gasteiger partial charge in [-0.05, 0) is 31.7 Å². The Balaban J connectivity index is 1.66. The lowest BCUT2D eigenvalue weighted by atomic mass is 9.94. The number of hydrogen-bond acceptors (Lipinski definition) is 7. The molecule has 182 valence electrons. The van der Waals surface area contributed by atoms with Crippen molar-refractivity contribution in [2.45, 2.75) is 45.6 Å². The number of piperidine rings is 1. The molecular weight excluding hydrogens is 462 g/mol. The van der Waals surface area contributed by atoms with Gasteiger partial charge in [0, 0.05) is 44.1 Å². The van der Waals surface area contributed by atoms with Gasteiger partial charge in [0.05, 0.1) is 11.7 Å². The van der Waals surface area contributed by atoms with E-state index in [1.807, 2.05) is 0 Å². The molecule has 0 aliphatic carbocycles. The first-order chi connectivity index (χ1) is 15.6. The van der Waals surface area contributed by atoms with Gasteiger partial charge in [0.1, 0.15) is 16.3 Å². The summed E-state index contributed by atoms with van der Waals surface area (Å²) in [5, 5.41) is 0.106. The summed E-state index contributed by atoms with van der Waals surface area (Å²) in [5.41, 5.74) is -0.471. The normalized spacial score (nSPS) is 23.3. The van der Waals surface area contributed by atoms with E-state index in [9.17, 15) is 18.0 Å². The SMILES string of the molecule is CCN1CCN(C(=O)Cn2cnc3sc(C)c(S(=O)(=O)N4C[C@H](C)C[C@H](C)C4)c3c2=O)CC1. The summed E-state index contributed by atoms with van der Waals surface area (Å²) in [7, 11) is -3.85. The molecule has 9 nitrogen and oxygen atoms in total. The number of piperazine rings is 1. The number of rotatable bonds is 5. The van der Waals surface area contributed by atoms with Gasteiger partial charge in [-0.3, -0.25) is 14.2 Å². The van der Waals surface area contributed by atoms with Gasteiger partial charge in [-0.15, -0.1) is 11.3 Å². The van der Waals surface area contributed by atoms with Crippen LogP contribution in [0.3, 0.4) is 0 Å². The van der Waals surface area contributed by atoms with Gasteiger partial charge in [0.2, 0.25) is 15.9 Å². The first kappa shape index (κ1) is 24.3. The Bertz CT molecular complexity index is 1190. The summed E-state index contributed by atoms with van der Waals surface area (Å²) in [5.74, 6) is 0.368. The molecule has 1 amide bonds. The Hall–Kier alpha value is -1.82. The van der Waals surface area contributed by atoms with Crippen LogP contribution in [0, 0.1) is 18.8 Å². The number of aromatic nitrogens is 2. The lowest BCUT2D eigenvalue weighted by molar-refractivity contribution is -0.133. The van der Waals surface area contributed by atoms with Gasteiger partial charge in [-0.25, -0.2) is 13.4 Å². The number of sulfonamides is 1. The van der Waals surface area contributed by atoms with Crippen LogP contribution in [0.25, 0.3) is 10.2 Å². The second-order valence-electron chi connectivity index (χ2n) is 9.43. The quantitative estimate of drug-likeness (QED) is 0.625. The third-order valence-electron chi connectivity index (χ3n) is 6.71. The lowest BCUT2D eigenvalue weighted by Gasteiger charge is -2.34. The highest BCUT2D eigenvalue weighted by Crippen LogP contribution is 2.35. The zero-order valence-corrected chi connectivity index (χ0v) is 21.4. The average Bonchev–Trinajstić information content (AvgIpc) is 3.12. The van der Waals surface area contributed by atoms with Crippen LogP contribution in [0.2, 0.25) is 0 Å². The monoisotopic (exact) mass is 495 g/mol. The van der Waals surface area contributed by atoms with Crippen LogP contribution in [-0.2, 0) is 21.4 Å². The predicted molar refractivity (Wildman–Crippen MR) is 129 cm³/mol. The van der Waals surface area contributed by atoms with Crippen molar-refractivity contribution in [3.63, 3.8) is 0 Å². The third-order valence-corrected chi connectivity index (χ3v) is 9.86. The number of likely N-dealkylation sites (N-methyl/N-ethyl adjacent to an activating group) is 1. The largest absolute Gasteiger partial charge is 0.339 e. The highest BCUT2D eigenvalue weighted by atomic mass is 32.2. The highest BCUT2D eigenvalue weighted by molar-refractivity contribution is 7.89. The van der Waals surface area contributed by atoms with Crippen LogP contribution in [0.4, 0.5) is 0 Å². The summed E-state index contributed by atoms with van der Waals surface area (Å²) in [6.45, 7) is 12.5. The van der Waals surface area contributed by atoms with E-state index in [0.717, 1.165) is 26.1 Å². The van der Waals surface area contributed by atoms with Crippen molar-refractivity contribution in [3.05, 3.63) is 21.6 Å². The van der Waals surface area contributed by atoms with Gasteiger partial charge in [-0.1, -0.05) is 20.8 Å². The summed E-state index contributed by atoms with van der Waals surface area (Å²) >= 11 is 1.21. The minimum atomic E-state index is -3.85. The summed E-state index contributed by atoms with van der Waals surface area (Å²) < 4.78 is 30.0. The van der Waals surface area contributed by atoms with Crippen LogP contribution in [0.1, 0.15) is 32.1 Å². The summed E-state index contributed by atoms with van der Waals surface area (Å²) in [6, 6.07) is 0. The van der Waals surface area contributed by atoms with Crippen molar-refractivity contribution in [2.24, 2.45) is 11.8 Å². The number of nitrogens with zero attached hydrogens (tertiary/aromatic N) is 5. The second kappa shape index (κ2) is 9.44. The van der Waals surface area contributed by atoms with E-state index in [1.54, 1.807) is 11.8 Å². The first-order valence-corrected chi connectivity index (χ1v) is 13.9. The van der Waals surface area contributed by atoms with Crippen LogP contribution in [0.15, 0.2) is 16.0 Å². The van der Waals surface area contributed by atoms with E-state index >= 15 is 0 Å². The van der Waals surface area contributed by atoms with E-state index in [-0.39, 0.29) is 34.6 Å². The van der Waals surface area contributed by atoms with Gasteiger partial charge in [-0.2, -0.15) is 4.31 Å². The number of carbonyl (C=O) groups excluding carboxylic acids is 1. The molecule has 0 unspecified atom stereocenters. The van der Waals surface area contributed by atoms with Crippen LogP contribution in [0.5, 0.6) is 0 Å². The van der Waals surface area contributed by atoms with Crippen molar-refractivity contribution in [1.29, 1.82) is 0 Å². The molecular formula is C22H33N5O4S2. The molecule has 33 heavy (non-hydrogen) atoms. The smallest absolute Gasteiger partial charge is 0.263 e. The predicted octanol–water partition coefficient (Wildman–Crippen LogP) is 1.60. The number of fused-ring (bicyclic) bond motifs is 1. The minimum absolute atomic E-state index is 0.0552. The molecule has 2 aliphatic rings. The topological polar surface area (TPSA) is 95.8 Å². The maximum atomic E-state index is 13.6. The summed E-state index contributed by atoms with van der Waals surface area (Å²) in [4.78, 5) is 35.7. The Kier molecular flexibility index (Phi) is 6.95. The Morgan fingerprint density at radius 3 is 2.39 bits per heavy atom. The molecule has 0 saturated carbocycles. The molecule has 2 saturated heterocycles. The van der Waals surface area contributed by atoms with E-state index in [4.69, 9.17) is 0 Å². The molecule has 0 N–H and O–H groups in total. The number of aryl methyl sites for hydroxylation is 1. The average molecular weight is 496 g/mol. The van der Waals surface area contributed by atoms with Crippen LogP contribution >= 0.6 is 11.3 Å². The molecule has 2 aromatic rings. The van der Waals surface area contributed by atoms with Gasteiger partial charge < -0.3 is 9.80 Å². The maximum absolute atomic E-state index is 13.6. The zero-order valence-electron chi connectivity index (χ0n) is 19.8.